The summed E-state index contributed by atoms with van der Waals surface area (Å²) in [6.07, 6.45) is 4.60. The molecule has 0 spiro atoms. The summed E-state index contributed by atoms with van der Waals surface area (Å²) < 4.78 is 41.7. The molecule has 2 aromatic rings. The lowest BCUT2D eigenvalue weighted by Gasteiger charge is -2.44. The molecular weight excluding hydrogens is 515 g/mol. The number of carboxylic acid groups (broad SMARTS) is 1. The van der Waals surface area contributed by atoms with Crippen LogP contribution in [0.15, 0.2) is 35.2 Å². The minimum Gasteiger partial charge on any atom is -0.477 e. The van der Waals surface area contributed by atoms with E-state index in [9.17, 15) is 27.5 Å². The summed E-state index contributed by atoms with van der Waals surface area (Å²) >= 11 is 1.02. The number of carbonyl (C=O) groups is 2. The Hall–Kier alpha value is -2.74. The standard InChI is InChI=1S/C27H31FN2O5S2/c1-27(2,3)13-12-20-15-22(25(36-20)26(32)33)30-23(18-8-5-4-6-9-18)16-29(17-24(30)31)37(34,35)21-11-7-10-19(28)14-21/h7,10-11,14-15,18,23H,4-6,8-9,16-17H2,1-3H3,(H,32,33). The molecule has 2 aliphatic rings. The van der Waals surface area contributed by atoms with E-state index in [1.165, 1.54) is 17.0 Å². The van der Waals surface area contributed by atoms with Crippen LogP contribution >= 0.6 is 11.3 Å². The SMILES string of the molecule is CC(C)(C)C#Cc1cc(N2C(=O)CN(S(=O)(=O)c3cccc(F)c3)CC2C2CCCCC2)c(C(=O)O)s1. The summed E-state index contributed by atoms with van der Waals surface area (Å²) in [6.45, 7) is 5.40. The Labute approximate surface area is 221 Å². The summed E-state index contributed by atoms with van der Waals surface area (Å²) in [4.78, 5) is 27.6. The van der Waals surface area contributed by atoms with Crippen LogP contribution in [0.2, 0.25) is 0 Å². The number of anilines is 1. The quantitative estimate of drug-likeness (QED) is 0.535. The van der Waals surface area contributed by atoms with Crippen LogP contribution in [0.4, 0.5) is 10.1 Å². The number of hydrogen-bond acceptors (Lipinski definition) is 5. The molecule has 1 atom stereocenters. The molecule has 0 radical (unpaired) electrons. The lowest BCUT2D eigenvalue weighted by Crippen LogP contribution is -2.60. The maximum absolute atomic E-state index is 13.8. The summed E-state index contributed by atoms with van der Waals surface area (Å²) in [5, 5.41) is 9.96. The largest absolute Gasteiger partial charge is 0.477 e. The van der Waals surface area contributed by atoms with Gasteiger partial charge in [-0.3, -0.25) is 4.79 Å². The molecular formula is C27H31FN2O5S2. The van der Waals surface area contributed by atoms with Crippen LogP contribution in [0.1, 0.15) is 67.4 Å². The van der Waals surface area contributed by atoms with Crippen LogP contribution < -0.4 is 4.90 Å². The van der Waals surface area contributed by atoms with Crippen LogP contribution in [0.3, 0.4) is 0 Å². The molecule has 0 bridgehead atoms. The molecule has 1 aromatic heterocycles. The van der Waals surface area contributed by atoms with Crippen molar-refractivity contribution in [2.45, 2.75) is 63.8 Å². The second kappa shape index (κ2) is 10.6. The van der Waals surface area contributed by atoms with Crippen molar-refractivity contribution in [2.75, 3.05) is 18.0 Å². The second-order valence-electron chi connectivity index (χ2n) is 10.6. The highest BCUT2D eigenvalue weighted by molar-refractivity contribution is 7.89. The van der Waals surface area contributed by atoms with Gasteiger partial charge in [0.15, 0.2) is 0 Å². The first-order valence-corrected chi connectivity index (χ1v) is 14.6. The van der Waals surface area contributed by atoms with Crippen molar-refractivity contribution < 1.29 is 27.5 Å². The fraction of sp³-hybridized carbons (Fsp3) is 0.481. The number of carbonyl (C=O) groups excluding carboxylic acids is 1. The van der Waals surface area contributed by atoms with Crippen molar-refractivity contribution in [3.63, 3.8) is 0 Å². The highest BCUT2D eigenvalue weighted by Gasteiger charge is 2.44. The van der Waals surface area contributed by atoms with Gasteiger partial charge in [-0.1, -0.05) is 37.2 Å². The van der Waals surface area contributed by atoms with Crippen LogP contribution in [-0.4, -0.2) is 48.8 Å². The molecule has 1 aliphatic carbocycles. The molecule has 37 heavy (non-hydrogen) atoms. The Bertz CT molecular complexity index is 1360. The average molecular weight is 547 g/mol. The van der Waals surface area contributed by atoms with Crippen LogP contribution in [-0.2, 0) is 14.8 Å². The number of hydrogen-bond donors (Lipinski definition) is 1. The predicted molar refractivity (Wildman–Crippen MR) is 141 cm³/mol. The molecule has 198 valence electrons. The molecule has 1 N–H and O–H groups in total. The predicted octanol–water partition coefficient (Wildman–Crippen LogP) is 4.97. The Kier molecular flexibility index (Phi) is 7.79. The third-order valence-corrected chi connectivity index (χ3v) is 9.49. The number of rotatable bonds is 5. The van der Waals surface area contributed by atoms with Gasteiger partial charge in [-0.25, -0.2) is 17.6 Å². The second-order valence-corrected chi connectivity index (χ2v) is 13.6. The van der Waals surface area contributed by atoms with Gasteiger partial charge in [0.2, 0.25) is 15.9 Å². The van der Waals surface area contributed by atoms with Crippen molar-refractivity contribution in [2.24, 2.45) is 11.3 Å². The molecule has 10 heteroatoms. The van der Waals surface area contributed by atoms with Crippen molar-refractivity contribution >= 4 is 38.9 Å². The fourth-order valence-electron chi connectivity index (χ4n) is 4.94. The first-order chi connectivity index (χ1) is 17.4. The zero-order chi connectivity index (χ0) is 27.0. The van der Waals surface area contributed by atoms with Gasteiger partial charge in [0, 0.05) is 12.0 Å². The molecule has 2 fully saturated rings. The van der Waals surface area contributed by atoms with E-state index in [0.29, 0.717) is 4.88 Å². The lowest BCUT2D eigenvalue weighted by atomic mass is 9.82. The van der Waals surface area contributed by atoms with E-state index in [1.807, 2.05) is 20.8 Å². The number of carboxylic acids is 1. The van der Waals surface area contributed by atoms with E-state index in [2.05, 4.69) is 11.8 Å². The molecule has 4 rings (SSSR count). The van der Waals surface area contributed by atoms with Gasteiger partial charge in [-0.05, 0) is 63.8 Å². The summed E-state index contributed by atoms with van der Waals surface area (Å²) in [5.41, 5.74) is -0.0238. The maximum atomic E-state index is 13.8. The number of halogens is 1. The Morgan fingerprint density at radius 1 is 1.16 bits per heavy atom. The van der Waals surface area contributed by atoms with Gasteiger partial charge >= 0.3 is 5.97 Å². The Morgan fingerprint density at radius 2 is 1.86 bits per heavy atom. The van der Waals surface area contributed by atoms with Gasteiger partial charge in [0.05, 0.1) is 28.0 Å². The third kappa shape index (κ3) is 6.06. The third-order valence-electron chi connectivity index (χ3n) is 6.66. The fourth-order valence-corrected chi connectivity index (χ4v) is 7.22. The highest BCUT2D eigenvalue weighted by atomic mass is 32.2. The number of thiophene rings is 1. The van der Waals surface area contributed by atoms with Crippen molar-refractivity contribution in [1.82, 2.24) is 4.31 Å². The molecule has 1 aliphatic heterocycles. The topological polar surface area (TPSA) is 95.0 Å². The molecule has 1 unspecified atom stereocenters. The van der Waals surface area contributed by atoms with Crippen molar-refractivity contribution in [3.8, 4) is 11.8 Å². The first-order valence-electron chi connectivity index (χ1n) is 12.3. The smallest absolute Gasteiger partial charge is 0.348 e. The van der Waals surface area contributed by atoms with Crippen molar-refractivity contribution in [3.05, 3.63) is 45.9 Å². The van der Waals surface area contributed by atoms with Gasteiger partial charge < -0.3 is 10.0 Å². The van der Waals surface area contributed by atoms with E-state index in [4.69, 9.17) is 0 Å². The van der Waals surface area contributed by atoms with Crippen LogP contribution in [0.5, 0.6) is 0 Å². The van der Waals surface area contributed by atoms with E-state index in [-0.39, 0.29) is 33.3 Å². The molecule has 1 aromatic carbocycles. The summed E-state index contributed by atoms with van der Waals surface area (Å²) in [6, 6.07) is 5.84. The number of nitrogens with zero attached hydrogens (tertiary/aromatic N) is 2. The Balaban J connectivity index is 1.76. The van der Waals surface area contributed by atoms with Crippen LogP contribution in [0.25, 0.3) is 0 Å². The van der Waals surface area contributed by atoms with E-state index < -0.39 is 40.3 Å². The van der Waals surface area contributed by atoms with E-state index >= 15 is 0 Å². The average Bonchev–Trinajstić information content (AvgIpc) is 3.26. The monoisotopic (exact) mass is 546 g/mol. The molecule has 2 heterocycles. The van der Waals surface area contributed by atoms with Gasteiger partial charge in [-0.15, -0.1) is 11.3 Å². The summed E-state index contributed by atoms with van der Waals surface area (Å²) in [7, 11) is -4.13. The highest BCUT2D eigenvalue weighted by Crippen LogP contribution is 2.39. The number of benzene rings is 1. The number of sulfonamides is 1. The summed E-state index contributed by atoms with van der Waals surface area (Å²) in [5.74, 6) is 3.81. The zero-order valence-corrected chi connectivity index (χ0v) is 22.8. The molecule has 1 amide bonds. The number of aromatic carboxylic acids is 1. The van der Waals surface area contributed by atoms with Gasteiger partial charge in [0.1, 0.15) is 10.7 Å². The molecule has 1 saturated carbocycles. The molecule has 1 saturated heterocycles. The number of amides is 1. The first kappa shape index (κ1) is 27.3. The minimum absolute atomic E-state index is 0.00711. The van der Waals surface area contributed by atoms with Gasteiger partial charge in [-0.2, -0.15) is 4.31 Å². The van der Waals surface area contributed by atoms with E-state index in [0.717, 1.165) is 59.9 Å². The Morgan fingerprint density at radius 3 is 2.49 bits per heavy atom. The molecule has 7 nitrogen and oxygen atoms in total. The lowest BCUT2D eigenvalue weighted by molar-refractivity contribution is -0.121. The maximum Gasteiger partial charge on any atom is 0.348 e. The zero-order valence-electron chi connectivity index (χ0n) is 21.2. The van der Waals surface area contributed by atoms with Crippen LogP contribution in [0, 0.1) is 29.0 Å². The van der Waals surface area contributed by atoms with E-state index in [1.54, 1.807) is 6.07 Å². The number of piperazine rings is 1. The minimum atomic E-state index is -4.13. The van der Waals surface area contributed by atoms with Gasteiger partial charge in [0.25, 0.3) is 0 Å². The normalized spacial score (nSPS) is 19.9. The van der Waals surface area contributed by atoms with Crippen molar-refractivity contribution in [1.29, 1.82) is 0 Å².